The van der Waals surface area contributed by atoms with Gasteiger partial charge in [-0.15, -0.1) is 0 Å². The fourth-order valence-corrected chi connectivity index (χ4v) is 1.32. The maximum Gasteiger partial charge on any atom is 0.303 e. The smallest absolute Gasteiger partial charge is 0.303 e. The van der Waals surface area contributed by atoms with E-state index in [-0.39, 0.29) is 18.1 Å². The van der Waals surface area contributed by atoms with Crippen molar-refractivity contribution in [3.8, 4) is 0 Å². The summed E-state index contributed by atoms with van der Waals surface area (Å²) in [6.07, 6.45) is 0.351. The zero-order valence-electron chi connectivity index (χ0n) is 10.1. The van der Waals surface area contributed by atoms with Crippen LogP contribution in [0.2, 0.25) is 0 Å². The summed E-state index contributed by atoms with van der Waals surface area (Å²) in [5.74, 6) is -1.14. The Labute approximate surface area is 99.0 Å². The van der Waals surface area contributed by atoms with E-state index in [4.69, 9.17) is 9.63 Å². The molecule has 2 N–H and O–H groups in total. The maximum atomic E-state index is 11.7. The number of carboxylic acids is 1. The molecule has 0 spiro atoms. The zero-order chi connectivity index (χ0) is 13.1. The van der Waals surface area contributed by atoms with Crippen molar-refractivity contribution in [2.45, 2.75) is 39.2 Å². The maximum absolute atomic E-state index is 11.7. The first-order valence-electron chi connectivity index (χ1n) is 5.28. The Morgan fingerprint density at radius 3 is 2.65 bits per heavy atom. The summed E-state index contributed by atoms with van der Waals surface area (Å²) in [6.45, 7) is 5.24. The van der Waals surface area contributed by atoms with E-state index in [9.17, 15) is 9.59 Å². The molecule has 0 saturated carbocycles. The molecule has 0 saturated heterocycles. The summed E-state index contributed by atoms with van der Waals surface area (Å²) in [5.41, 5.74) is 0.0226. The predicted octanol–water partition coefficient (Wildman–Crippen LogP) is 1.36. The van der Waals surface area contributed by atoms with Crippen molar-refractivity contribution in [2.75, 3.05) is 0 Å². The van der Waals surface area contributed by atoms with Gasteiger partial charge in [-0.25, -0.2) is 0 Å². The largest absolute Gasteiger partial charge is 0.481 e. The summed E-state index contributed by atoms with van der Waals surface area (Å²) in [6, 6.07) is 1.53. The molecule has 1 amide bonds. The molecule has 0 bridgehead atoms. The SMILES string of the molecule is Cc1cc(C(=O)NC(C)(C)CCC(=O)O)on1. The fourth-order valence-electron chi connectivity index (χ4n) is 1.32. The van der Waals surface area contributed by atoms with E-state index in [1.54, 1.807) is 20.8 Å². The minimum atomic E-state index is -0.886. The minimum Gasteiger partial charge on any atom is -0.481 e. The van der Waals surface area contributed by atoms with Crippen LogP contribution in [-0.2, 0) is 4.79 Å². The van der Waals surface area contributed by atoms with Crippen LogP contribution in [0.25, 0.3) is 0 Å². The van der Waals surface area contributed by atoms with Gasteiger partial charge in [-0.05, 0) is 27.2 Å². The summed E-state index contributed by atoms with van der Waals surface area (Å²) in [5, 5.41) is 14.9. The van der Waals surface area contributed by atoms with Gasteiger partial charge in [-0.1, -0.05) is 5.16 Å². The van der Waals surface area contributed by atoms with Crippen molar-refractivity contribution in [3.05, 3.63) is 17.5 Å². The summed E-state index contributed by atoms with van der Waals surface area (Å²) in [7, 11) is 0. The number of hydrogen-bond donors (Lipinski definition) is 2. The van der Waals surface area contributed by atoms with Gasteiger partial charge in [0.25, 0.3) is 5.91 Å². The van der Waals surface area contributed by atoms with Crippen molar-refractivity contribution >= 4 is 11.9 Å². The van der Waals surface area contributed by atoms with Gasteiger partial charge in [0.1, 0.15) is 0 Å². The van der Waals surface area contributed by atoms with Crippen molar-refractivity contribution < 1.29 is 19.2 Å². The first-order valence-corrected chi connectivity index (χ1v) is 5.28. The molecule has 1 aromatic rings. The van der Waals surface area contributed by atoms with Crippen LogP contribution >= 0.6 is 0 Å². The standard InChI is InChI=1S/C11H16N2O4/c1-7-6-8(17-13-7)10(16)12-11(2,3)5-4-9(14)15/h6H,4-5H2,1-3H3,(H,12,16)(H,14,15). The van der Waals surface area contributed by atoms with Crippen LogP contribution in [0.4, 0.5) is 0 Å². The average Bonchev–Trinajstić information content (AvgIpc) is 2.61. The van der Waals surface area contributed by atoms with Gasteiger partial charge in [-0.2, -0.15) is 0 Å². The molecule has 6 nitrogen and oxygen atoms in total. The highest BCUT2D eigenvalue weighted by atomic mass is 16.5. The van der Waals surface area contributed by atoms with Gasteiger partial charge in [0.15, 0.2) is 0 Å². The lowest BCUT2D eigenvalue weighted by molar-refractivity contribution is -0.137. The monoisotopic (exact) mass is 240 g/mol. The number of amides is 1. The van der Waals surface area contributed by atoms with Crippen LogP contribution in [0, 0.1) is 6.92 Å². The molecule has 0 aliphatic rings. The number of rotatable bonds is 5. The third-order valence-corrected chi connectivity index (χ3v) is 2.27. The predicted molar refractivity (Wildman–Crippen MR) is 59.7 cm³/mol. The lowest BCUT2D eigenvalue weighted by Gasteiger charge is -2.24. The average molecular weight is 240 g/mol. The second-order valence-electron chi connectivity index (χ2n) is 4.56. The van der Waals surface area contributed by atoms with Crippen LogP contribution in [0.1, 0.15) is 42.9 Å². The Morgan fingerprint density at radius 1 is 1.53 bits per heavy atom. The van der Waals surface area contributed by atoms with E-state index in [0.29, 0.717) is 12.1 Å². The third-order valence-electron chi connectivity index (χ3n) is 2.27. The van der Waals surface area contributed by atoms with Crippen molar-refractivity contribution in [3.63, 3.8) is 0 Å². The molecule has 0 aliphatic heterocycles. The Bertz CT molecular complexity index is 423. The first-order chi connectivity index (χ1) is 7.80. The second kappa shape index (κ2) is 4.99. The molecule has 6 heteroatoms. The van der Waals surface area contributed by atoms with E-state index >= 15 is 0 Å². The Hall–Kier alpha value is -1.85. The van der Waals surface area contributed by atoms with Gasteiger partial charge in [0.2, 0.25) is 5.76 Å². The lowest BCUT2D eigenvalue weighted by Crippen LogP contribution is -2.43. The van der Waals surface area contributed by atoms with Crippen LogP contribution in [0.5, 0.6) is 0 Å². The molecule has 1 heterocycles. The normalized spacial score (nSPS) is 11.2. The number of nitrogens with one attached hydrogen (secondary N) is 1. The number of hydrogen-bond acceptors (Lipinski definition) is 4. The molecule has 0 aromatic carbocycles. The van der Waals surface area contributed by atoms with Gasteiger partial charge in [0, 0.05) is 18.0 Å². The number of nitrogens with zero attached hydrogens (tertiary/aromatic N) is 1. The Kier molecular flexibility index (Phi) is 3.88. The minimum absolute atomic E-state index is 0.00269. The number of carbonyl (C=O) groups is 2. The molecule has 1 aromatic heterocycles. The molecule has 0 atom stereocenters. The number of aryl methyl sites for hydroxylation is 1. The highest BCUT2D eigenvalue weighted by Gasteiger charge is 2.23. The van der Waals surface area contributed by atoms with Crippen molar-refractivity contribution in [1.29, 1.82) is 0 Å². The van der Waals surface area contributed by atoms with Gasteiger partial charge >= 0.3 is 5.97 Å². The molecule has 0 aliphatic carbocycles. The van der Waals surface area contributed by atoms with Crippen LogP contribution in [0.3, 0.4) is 0 Å². The summed E-state index contributed by atoms with van der Waals surface area (Å²) >= 11 is 0. The van der Waals surface area contributed by atoms with Crippen molar-refractivity contribution in [2.24, 2.45) is 0 Å². The third kappa shape index (κ3) is 4.26. The molecule has 94 valence electrons. The van der Waals surface area contributed by atoms with Gasteiger partial charge in [0.05, 0.1) is 5.69 Å². The number of carboxylic acid groups (broad SMARTS) is 1. The summed E-state index contributed by atoms with van der Waals surface area (Å²) in [4.78, 5) is 22.2. The summed E-state index contributed by atoms with van der Waals surface area (Å²) < 4.78 is 4.82. The molecule has 0 fully saturated rings. The molecule has 0 unspecified atom stereocenters. The molecule has 0 radical (unpaired) electrons. The lowest BCUT2D eigenvalue weighted by atomic mass is 9.98. The highest BCUT2D eigenvalue weighted by molar-refractivity contribution is 5.91. The molecule has 17 heavy (non-hydrogen) atoms. The quantitative estimate of drug-likeness (QED) is 0.810. The van der Waals surface area contributed by atoms with Crippen molar-refractivity contribution in [1.82, 2.24) is 10.5 Å². The zero-order valence-corrected chi connectivity index (χ0v) is 10.1. The first kappa shape index (κ1) is 13.2. The van der Waals surface area contributed by atoms with Crippen LogP contribution < -0.4 is 5.32 Å². The van der Waals surface area contributed by atoms with Gasteiger partial charge in [-0.3, -0.25) is 9.59 Å². The fraction of sp³-hybridized carbons (Fsp3) is 0.545. The molecular formula is C11H16N2O4. The number of aromatic nitrogens is 1. The molecular weight excluding hydrogens is 224 g/mol. The topological polar surface area (TPSA) is 92.4 Å². The Balaban J connectivity index is 2.58. The van der Waals surface area contributed by atoms with E-state index in [1.807, 2.05) is 0 Å². The van der Waals surface area contributed by atoms with E-state index in [0.717, 1.165) is 0 Å². The Morgan fingerprint density at radius 2 is 2.18 bits per heavy atom. The van der Waals surface area contributed by atoms with Gasteiger partial charge < -0.3 is 14.9 Å². The number of aliphatic carboxylic acids is 1. The second-order valence-corrected chi connectivity index (χ2v) is 4.56. The molecule has 1 rings (SSSR count). The van der Waals surface area contributed by atoms with Crippen LogP contribution in [0.15, 0.2) is 10.6 Å². The van der Waals surface area contributed by atoms with E-state index in [1.165, 1.54) is 6.07 Å². The van der Waals surface area contributed by atoms with E-state index < -0.39 is 11.5 Å². The van der Waals surface area contributed by atoms with E-state index in [2.05, 4.69) is 10.5 Å². The highest BCUT2D eigenvalue weighted by Crippen LogP contribution is 2.13. The van der Waals surface area contributed by atoms with Crippen LogP contribution in [-0.4, -0.2) is 27.7 Å². The number of carbonyl (C=O) groups excluding carboxylic acids is 1.